The Morgan fingerprint density at radius 2 is 1.84 bits per heavy atom. The lowest BCUT2D eigenvalue weighted by atomic mass is 10.2. The Hall–Kier alpha value is -3.73. The maximum Gasteiger partial charge on any atom is 0.341 e. The van der Waals surface area contributed by atoms with Gasteiger partial charge >= 0.3 is 11.9 Å². The number of thioether (sulfide) groups is 1. The quantitative estimate of drug-likeness (QED) is 0.485. The summed E-state index contributed by atoms with van der Waals surface area (Å²) in [5.74, 6) is -2.78. The lowest BCUT2D eigenvalue weighted by molar-refractivity contribution is -0.136. The maximum atomic E-state index is 12.5. The van der Waals surface area contributed by atoms with Crippen LogP contribution < -0.4 is 5.32 Å². The van der Waals surface area contributed by atoms with Gasteiger partial charge in [0.05, 0.1) is 29.2 Å². The van der Waals surface area contributed by atoms with Crippen LogP contribution in [0.3, 0.4) is 0 Å². The van der Waals surface area contributed by atoms with Gasteiger partial charge < -0.3 is 14.8 Å². The third-order valence-electron chi connectivity index (χ3n) is 4.53. The highest BCUT2D eigenvalue weighted by atomic mass is 32.2. The van der Waals surface area contributed by atoms with E-state index in [1.165, 1.54) is 44.6 Å². The van der Waals surface area contributed by atoms with Gasteiger partial charge in [-0.2, -0.15) is 0 Å². The number of methoxy groups -OCH3 is 1. The zero-order valence-corrected chi connectivity index (χ0v) is 18.0. The molecule has 10 nitrogen and oxygen atoms in total. The smallest absolute Gasteiger partial charge is 0.341 e. The number of rotatable bonds is 7. The van der Waals surface area contributed by atoms with E-state index in [-0.39, 0.29) is 40.1 Å². The van der Waals surface area contributed by atoms with Crippen molar-refractivity contribution in [2.45, 2.75) is 16.7 Å². The number of carbonyl (C=O) groups is 5. The molecule has 1 fully saturated rings. The first kappa shape index (κ1) is 22.9. The van der Waals surface area contributed by atoms with E-state index < -0.39 is 29.7 Å². The van der Waals surface area contributed by atoms with Crippen LogP contribution in [0.5, 0.6) is 0 Å². The molecule has 32 heavy (non-hydrogen) atoms. The molecule has 1 atom stereocenters. The van der Waals surface area contributed by atoms with Gasteiger partial charge in [-0.15, -0.1) is 0 Å². The summed E-state index contributed by atoms with van der Waals surface area (Å²) in [5, 5.41) is 2.03. The molecule has 2 aromatic rings. The van der Waals surface area contributed by atoms with Crippen molar-refractivity contribution in [1.82, 2.24) is 9.88 Å². The van der Waals surface area contributed by atoms with E-state index in [2.05, 4.69) is 15.0 Å². The minimum Gasteiger partial charge on any atom is -0.465 e. The lowest BCUT2D eigenvalue weighted by Crippen LogP contribution is -2.26. The molecule has 1 saturated heterocycles. The molecule has 0 spiro atoms. The van der Waals surface area contributed by atoms with Gasteiger partial charge in [-0.3, -0.25) is 19.3 Å². The summed E-state index contributed by atoms with van der Waals surface area (Å²) in [7, 11) is 2.62. The van der Waals surface area contributed by atoms with Crippen LogP contribution in [-0.4, -0.2) is 65.6 Å². The summed E-state index contributed by atoms with van der Waals surface area (Å²) >= 11 is 0.990. The third-order valence-corrected chi connectivity index (χ3v) is 5.73. The zero-order chi connectivity index (χ0) is 23.3. The van der Waals surface area contributed by atoms with E-state index in [4.69, 9.17) is 4.74 Å². The second-order valence-corrected chi connectivity index (χ2v) is 7.81. The summed E-state index contributed by atoms with van der Waals surface area (Å²) in [6.07, 6.45) is 1.45. The number of benzene rings is 1. The molecular formula is C21H19N3O7S. The van der Waals surface area contributed by atoms with Gasteiger partial charge in [0.2, 0.25) is 11.8 Å². The number of likely N-dealkylation sites (tertiary alicyclic amines) is 1. The number of pyridine rings is 1. The fourth-order valence-electron chi connectivity index (χ4n) is 2.86. The van der Waals surface area contributed by atoms with E-state index in [1.807, 2.05) is 0 Å². The largest absolute Gasteiger partial charge is 0.465 e. The molecule has 1 aliphatic heterocycles. The predicted molar refractivity (Wildman–Crippen MR) is 113 cm³/mol. The Morgan fingerprint density at radius 1 is 1.12 bits per heavy atom. The second kappa shape index (κ2) is 10.1. The number of carbonyl (C=O) groups excluding carboxylic acids is 5. The van der Waals surface area contributed by atoms with Gasteiger partial charge in [-0.25, -0.2) is 14.6 Å². The van der Waals surface area contributed by atoms with Crippen molar-refractivity contribution in [1.29, 1.82) is 0 Å². The van der Waals surface area contributed by atoms with Gasteiger partial charge in [-0.1, -0.05) is 23.9 Å². The normalized spacial score (nSPS) is 15.4. The molecule has 1 aliphatic rings. The minimum atomic E-state index is -0.817. The monoisotopic (exact) mass is 457 g/mol. The number of imide groups is 1. The van der Waals surface area contributed by atoms with Crippen LogP contribution in [0.2, 0.25) is 0 Å². The Bertz CT molecular complexity index is 1090. The van der Waals surface area contributed by atoms with Gasteiger partial charge in [0.1, 0.15) is 5.03 Å². The Morgan fingerprint density at radius 3 is 2.53 bits per heavy atom. The molecular weight excluding hydrogens is 438 g/mol. The molecule has 1 aromatic carbocycles. The molecule has 2 heterocycles. The van der Waals surface area contributed by atoms with E-state index in [0.717, 1.165) is 16.7 Å². The number of anilines is 1. The third kappa shape index (κ3) is 5.11. The highest BCUT2D eigenvalue weighted by Crippen LogP contribution is 2.31. The molecule has 3 amide bonds. The minimum absolute atomic E-state index is 0.00702. The van der Waals surface area contributed by atoms with Crippen molar-refractivity contribution in [3.63, 3.8) is 0 Å². The van der Waals surface area contributed by atoms with E-state index in [9.17, 15) is 24.0 Å². The number of aromatic nitrogens is 1. The topological polar surface area (TPSA) is 132 Å². The van der Waals surface area contributed by atoms with E-state index in [1.54, 1.807) is 12.1 Å². The Labute approximate surface area is 187 Å². The van der Waals surface area contributed by atoms with E-state index >= 15 is 0 Å². The van der Waals surface area contributed by atoms with Crippen LogP contribution in [0, 0.1) is 0 Å². The Kier molecular flexibility index (Phi) is 7.21. The molecule has 0 aliphatic carbocycles. The molecule has 1 N–H and O–H groups in total. The number of nitrogens with zero attached hydrogens (tertiary/aromatic N) is 2. The van der Waals surface area contributed by atoms with Crippen molar-refractivity contribution in [3.05, 3.63) is 53.7 Å². The number of para-hydroxylation sites is 1. The second-order valence-electron chi connectivity index (χ2n) is 6.62. The van der Waals surface area contributed by atoms with Crippen molar-refractivity contribution < 1.29 is 33.4 Å². The molecule has 1 aromatic heterocycles. The van der Waals surface area contributed by atoms with E-state index in [0.29, 0.717) is 0 Å². The zero-order valence-electron chi connectivity index (χ0n) is 17.2. The number of ether oxygens (including phenoxy) is 2. The van der Waals surface area contributed by atoms with Crippen LogP contribution in [-0.2, 0) is 23.9 Å². The lowest BCUT2D eigenvalue weighted by Gasteiger charge is -2.12. The van der Waals surface area contributed by atoms with Crippen molar-refractivity contribution in [3.8, 4) is 0 Å². The van der Waals surface area contributed by atoms with Gasteiger partial charge in [-0.05, 0) is 24.3 Å². The number of amides is 3. The highest BCUT2D eigenvalue weighted by molar-refractivity contribution is 8.00. The summed E-state index contributed by atoms with van der Waals surface area (Å²) < 4.78 is 9.75. The molecule has 166 valence electrons. The fraction of sp³-hybridized carbons (Fsp3) is 0.238. The van der Waals surface area contributed by atoms with Gasteiger partial charge in [0, 0.05) is 19.7 Å². The average molecular weight is 457 g/mol. The molecule has 3 rings (SSSR count). The molecule has 0 bridgehead atoms. The van der Waals surface area contributed by atoms with Crippen LogP contribution in [0.1, 0.15) is 27.1 Å². The molecule has 0 radical (unpaired) electrons. The first-order valence-corrected chi connectivity index (χ1v) is 10.3. The van der Waals surface area contributed by atoms with Gasteiger partial charge in [0.15, 0.2) is 6.61 Å². The standard InChI is InChI=1S/C21H19N3O7S/c1-24-17(26)10-15(19(24)27)32-18-13(7-5-9-22-18)21(29)31-11-16(25)23-14-8-4-3-6-12(14)20(28)30-2/h3-9,15H,10-11H2,1-2H3,(H,23,25). The van der Waals surface area contributed by atoms with Gasteiger partial charge in [0.25, 0.3) is 5.91 Å². The first-order chi connectivity index (χ1) is 15.3. The summed E-state index contributed by atoms with van der Waals surface area (Å²) in [4.78, 5) is 65.6. The maximum absolute atomic E-state index is 12.5. The average Bonchev–Trinajstić information content (AvgIpc) is 3.04. The molecule has 11 heteroatoms. The molecule has 0 saturated carbocycles. The first-order valence-electron chi connectivity index (χ1n) is 9.38. The van der Waals surface area contributed by atoms with Crippen LogP contribution in [0.4, 0.5) is 5.69 Å². The SMILES string of the molecule is COC(=O)c1ccccc1NC(=O)COC(=O)c1cccnc1SC1CC(=O)N(C)C1=O. The van der Waals surface area contributed by atoms with Crippen molar-refractivity contribution >= 4 is 47.1 Å². The van der Waals surface area contributed by atoms with Crippen LogP contribution in [0.25, 0.3) is 0 Å². The summed E-state index contributed by atoms with van der Waals surface area (Å²) in [6, 6.07) is 9.20. The Balaban J connectivity index is 1.64. The summed E-state index contributed by atoms with van der Waals surface area (Å²) in [6.45, 7) is -0.614. The number of hydrogen-bond donors (Lipinski definition) is 1. The van der Waals surface area contributed by atoms with Crippen LogP contribution >= 0.6 is 11.8 Å². The van der Waals surface area contributed by atoms with Crippen molar-refractivity contribution in [2.24, 2.45) is 0 Å². The van der Waals surface area contributed by atoms with Crippen LogP contribution in [0.15, 0.2) is 47.6 Å². The predicted octanol–water partition coefficient (Wildman–Crippen LogP) is 1.51. The number of nitrogens with one attached hydrogen (secondary N) is 1. The fourth-order valence-corrected chi connectivity index (χ4v) is 4.02. The number of hydrogen-bond acceptors (Lipinski definition) is 9. The highest BCUT2D eigenvalue weighted by Gasteiger charge is 2.37. The molecule has 1 unspecified atom stereocenters. The number of esters is 2. The summed E-state index contributed by atoms with van der Waals surface area (Å²) in [5.41, 5.74) is 0.433. The van der Waals surface area contributed by atoms with Crippen molar-refractivity contribution in [2.75, 3.05) is 26.1 Å².